The van der Waals surface area contributed by atoms with Gasteiger partial charge in [-0.1, -0.05) is 30.7 Å². The summed E-state index contributed by atoms with van der Waals surface area (Å²) in [4.78, 5) is 31.6. The fourth-order valence-corrected chi connectivity index (χ4v) is 5.81. The smallest absolute Gasteiger partial charge is 0.360 e. The number of hydrogen-bond donors (Lipinski definition) is 1. The quantitative estimate of drug-likeness (QED) is 0.804. The number of para-hydroxylation sites is 2. The van der Waals surface area contributed by atoms with Crippen molar-refractivity contribution < 1.29 is 9.90 Å². The number of hydrogen-bond acceptors (Lipinski definition) is 4. The standard InChI is InChI=1S/C23H27N3O3/c27-22-21(23(28)29)24-19-9-5-6-10-20(19)26(22)18-13-16-11-12-17(14-18)25(16)15-7-3-1-2-4-8-15/h3,5-7,9-10,15-18H,1-2,4,8,11-14H2,(H,28,29)/t15?,16-,17?,18?/m0/s1. The van der Waals surface area contributed by atoms with Crippen molar-refractivity contribution in [2.24, 2.45) is 0 Å². The number of rotatable bonds is 3. The Labute approximate surface area is 169 Å². The summed E-state index contributed by atoms with van der Waals surface area (Å²) in [5, 5.41) is 9.51. The number of aromatic carboxylic acids is 1. The molecule has 29 heavy (non-hydrogen) atoms. The minimum atomic E-state index is -1.25. The zero-order chi connectivity index (χ0) is 20.0. The molecule has 3 heterocycles. The first-order valence-corrected chi connectivity index (χ1v) is 10.8. The number of piperidine rings is 1. The molecule has 2 bridgehead atoms. The van der Waals surface area contributed by atoms with Gasteiger partial charge in [-0.25, -0.2) is 9.78 Å². The lowest BCUT2D eigenvalue weighted by Crippen LogP contribution is -2.49. The average molecular weight is 393 g/mol. The molecule has 2 saturated heterocycles. The average Bonchev–Trinajstić information content (AvgIpc) is 2.91. The Hall–Kier alpha value is -2.47. The molecule has 1 aliphatic carbocycles. The van der Waals surface area contributed by atoms with Gasteiger partial charge in [0.05, 0.1) is 11.0 Å². The Morgan fingerprint density at radius 2 is 1.79 bits per heavy atom. The molecule has 0 amide bonds. The van der Waals surface area contributed by atoms with E-state index in [0.29, 0.717) is 23.6 Å². The Morgan fingerprint density at radius 3 is 2.55 bits per heavy atom. The van der Waals surface area contributed by atoms with Gasteiger partial charge in [-0.15, -0.1) is 0 Å². The summed E-state index contributed by atoms with van der Waals surface area (Å²) in [6.07, 6.45) is 13.8. The van der Waals surface area contributed by atoms with E-state index in [9.17, 15) is 14.7 Å². The third kappa shape index (κ3) is 3.19. The number of carboxylic acids is 1. The molecule has 2 fully saturated rings. The molecule has 5 rings (SSSR count). The molecule has 6 heteroatoms. The van der Waals surface area contributed by atoms with Gasteiger partial charge < -0.3 is 9.67 Å². The van der Waals surface area contributed by atoms with Gasteiger partial charge in [0.2, 0.25) is 5.69 Å². The van der Waals surface area contributed by atoms with E-state index in [4.69, 9.17) is 0 Å². The second kappa shape index (κ2) is 7.41. The van der Waals surface area contributed by atoms with E-state index in [0.717, 1.165) is 31.2 Å². The molecule has 0 saturated carbocycles. The van der Waals surface area contributed by atoms with Crippen LogP contribution in [0.4, 0.5) is 0 Å². The number of nitrogens with zero attached hydrogens (tertiary/aromatic N) is 3. The molecule has 2 aromatic rings. The summed E-state index contributed by atoms with van der Waals surface area (Å²) in [7, 11) is 0. The van der Waals surface area contributed by atoms with Crippen molar-refractivity contribution in [1.82, 2.24) is 14.5 Å². The monoisotopic (exact) mass is 393 g/mol. The fourth-order valence-electron chi connectivity index (χ4n) is 5.81. The van der Waals surface area contributed by atoms with Gasteiger partial charge in [-0.05, 0) is 57.1 Å². The maximum atomic E-state index is 13.1. The molecule has 3 aliphatic rings. The van der Waals surface area contributed by atoms with Crippen molar-refractivity contribution in [2.45, 2.75) is 75.5 Å². The van der Waals surface area contributed by atoms with Gasteiger partial charge in [-0.2, -0.15) is 0 Å². The third-order valence-corrected chi connectivity index (χ3v) is 6.99. The highest BCUT2D eigenvalue weighted by Gasteiger charge is 2.44. The molecule has 1 aromatic carbocycles. The van der Waals surface area contributed by atoms with Crippen LogP contribution in [-0.2, 0) is 0 Å². The number of aromatic nitrogens is 2. The highest BCUT2D eigenvalue weighted by atomic mass is 16.4. The van der Waals surface area contributed by atoms with Crippen molar-refractivity contribution in [1.29, 1.82) is 0 Å². The molecular formula is C23H27N3O3. The van der Waals surface area contributed by atoms with Crippen LogP contribution in [0.3, 0.4) is 0 Å². The van der Waals surface area contributed by atoms with Crippen molar-refractivity contribution in [2.75, 3.05) is 0 Å². The summed E-state index contributed by atoms with van der Waals surface area (Å²) < 4.78 is 1.73. The van der Waals surface area contributed by atoms with E-state index in [1.807, 2.05) is 18.2 Å². The van der Waals surface area contributed by atoms with Crippen LogP contribution in [0.25, 0.3) is 11.0 Å². The third-order valence-electron chi connectivity index (χ3n) is 6.99. The fraction of sp³-hybridized carbons (Fsp3) is 0.522. The van der Waals surface area contributed by atoms with Gasteiger partial charge in [0.15, 0.2) is 0 Å². The Kier molecular flexibility index (Phi) is 4.74. The van der Waals surface area contributed by atoms with E-state index >= 15 is 0 Å². The molecule has 2 aliphatic heterocycles. The Bertz CT molecular complexity index is 1010. The minimum absolute atomic E-state index is 0.0250. The molecule has 3 unspecified atom stereocenters. The second-order valence-electron chi connectivity index (χ2n) is 8.67. The topological polar surface area (TPSA) is 75.4 Å². The van der Waals surface area contributed by atoms with E-state index in [1.165, 1.54) is 25.7 Å². The van der Waals surface area contributed by atoms with E-state index in [2.05, 4.69) is 22.0 Å². The normalized spacial score (nSPS) is 29.8. The van der Waals surface area contributed by atoms with Gasteiger partial charge in [0, 0.05) is 24.2 Å². The Morgan fingerprint density at radius 1 is 1.03 bits per heavy atom. The SMILES string of the molecule is O=C(O)c1nc2ccccc2n(C2CC3CC[C@@H](C2)N3C2C=CCCCC2)c1=O. The summed E-state index contributed by atoms with van der Waals surface area (Å²) in [5.41, 5.74) is 0.481. The predicted molar refractivity (Wildman–Crippen MR) is 111 cm³/mol. The molecule has 4 atom stereocenters. The zero-order valence-electron chi connectivity index (χ0n) is 16.5. The molecule has 0 radical (unpaired) electrons. The van der Waals surface area contributed by atoms with Crippen LogP contribution in [-0.4, -0.2) is 43.7 Å². The first-order chi connectivity index (χ1) is 14.1. The van der Waals surface area contributed by atoms with Gasteiger partial charge in [-0.3, -0.25) is 9.69 Å². The van der Waals surface area contributed by atoms with Crippen LogP contribution in [0.5, 0.6) is 0 Å². The van der Waals surface area contributed by atoms with Crippen molar-refractivity contribution in [3.63, 3.8) is 0 Å². The van der Waals surface area contributed by atoms with Crippen molar-refractivity contribution in [3.05, 3.63) is 52.5 Å². The molecule has 152 valence electrons. The summed E-state index contributed by atoms with van der Waals surface area (Å²) >= 11 is 0. The molecular weight excluding hydrogens is 366 g/mol. The number of carboxylic acid groups (broad SMARTS) is 1. The van der Waals surface area contributed by atoms with Gasteiger partial charge >= 0.3 is 5.97 Å². The van der Waals surface area contributed by atoms with E-state index in [1.54, 1.807) is 10.6 Å². The van der Waals surface area contributed by atoms with E-state index in [-0.39, 0.29) is 11.7 Å². The number of benzene rings is 1. The molecule has 1 aromatic heterocycles. The summed E-state index contributed by atoms with van der Waals surface area (Å²) in [6, 6.07) is 8.85. The maximum Gasteiger partial charge on any atom is 0.360 e. The van der Waals surface area contributed by atoms with Crippen molar-refractivity contribution in [3.8, 4) is 0 Å². The second-order valence-corrected chi connectivity index (χ2v) is 8.67. The van der Waals surface area contributed by atoms with Crippen LogP contribution in [0.2, 0.25) is 0 Å². The predicted octanol–water partition coefficient (Wildman–Crippen LogP) is 3.76. The lowest BCUT2D eigenvalue weighted by Gasteiger charge is -2.43. The lowest BCUT2D eigenvalue weighted by molar-refractivity contribution is 0.0681. The lowest BCUT2D eigenvalue weighted by atomic mass is 9.93. The number of fused-ring (bicyclic) bond motifs is 3. The first-order valence-electron chi connectivity index (χ1n) is 10.8. The van der Waals surface area contributed by atoms with Gasteiger partial charge in [0.25, 0.3) is 5.56 Å². The maximum absolute atomic E-state index is 13.1. The van der Waals surface area contributed by atoms with Crippen LogP contribution in [0.1, 0.15) is 67.9 Å². The highest BCUT2D eigenvalue weighted by molar-refractivity contribution is 5.88. The number of carbonyl (C=O) groups is 1. The Balaban J connectivity index is 1.52. The van der Waals surface area contributed by atoms with Crippen LogP contribution < -0.4 is 5.56 Å². The summed E-state index contributed by atoms with van der Waals surface area (Å²) in [6.45, 7) is 0. The zero-order valence-corrected chi connectivity index (χ0v) is 16.5. The van der Waals surface area contributed by atoms with Crippen LogP contribution in [0.15, 0.2) is 41.2 Å². The van der Waals surface area contributed by atoms with Gasteiger partial charge in [0.1, 0.15) is 0 Å². The minimum Gasteiger partial charge on any atom is -0.476 e. The van der Waals surface area contributed by atoms with Crippen LogP contribution in [0, 0.1) is 0 Å². The van der Waals surface area contributed by atoms with E-state index < -0.39 is 11.5 Å². The largest absolute Gasteiger partial charge is 0.476 e. The highest BCUT2D eigenvalue weighted by Crippen LogP contribution is 2.43. The first kappa shape index (κ1) is 18.6. The molecule has 6 nitrogen and oxygen atoms in total. The number of allylic oxidation sites excluding steroid dienone is 1. The molecule has 1 N–H and O–H groups in total. The van der Waals surface area contributed by atoms with Crippen LogP contribution >= 0.6 is 0 Å². The molecule has 0 spiro atoms. The van der Waals surface area contributed by atoms with Crippen molar-refractivity contribution >= 4 is 17.0 Å². The summed E-state index contributed by atoms with van der Waals surface area (Å²) in [5.74, 6) is -1.25.